The number of benzene rings is 2. The van der Waals surface area contributed by atoms with Gasteiger partial charge in [-0.3, -0.25) is 0 Å². The van der Waals surface area contributed by atoms with Crippen molar-refractivity contribution in [3.63, 3.8) is 0 Å². The highest BCUT2D eigenvalue weighted by Gasteiger charge is 2.14. The predicted molar refractivity (Wildman–Crippen MR) is 82.3 cm³/mol. The average molecular weight is 271 g/mol. The quantitative estimate of drug-likeness (QED) is 0.837. The summed E-state index contributed by atoms with van der Waals surface area (Å²) in [6.45, 7) is 8.34. The van der Waals surface area contributed by atoms with Gasteiger partial charge in [-0.1, -0.05) is 36.4 Å². The van der Waals surface area contributed by atoms with Crippen LogP contribution in [-0.4, -0.2) is 0 Å². The Hall–Kier alpha value is -1.67. The molecule has 0 aromatic heterocycles. The molecular formula is C18H22FN. The van der Waals surface area contributed by atoms with Gasteiger partial charge in [-0.2, -0.15) is 0 Å². The molecule has 2 aromatic carbocycles. The first kappa shape index (κ1) is 14.7. The van der Waals surface area contributed by atoms with Crippen molar-refractivity contribution in [1.29, 1.82) is 0 Å². The molecule has 2 rings (SSSR count). The number of rotatable bonds is 4. The van der Waals surface area contributed by atoms with Gasteiger partial charge in [0.1, 0.15) is 5.82 Å². The maximum Gasteiger partial charge on any atom is 0.127 e. The monoisotopic (exact) mass is 271 g/mol. The van der Waals surface area contributed by atoms with Crippen molar-refractivity contribution >= 4 is 0 Å². The van der Waals surface area contributed by atoms with E-state index >= 15 is 0 Å². The van der Waals surface area contributed by atoms with Crippen molar-refractivity contribution < 1.29 is 4.39 Å². The Kier molecular flexibility index (Phi) is 4.56. The van der Waals surface area contributed by atoms with E-state index in [9.17, 15) is 4.39 Å². The molecule has 20 heavy (non-hydrogen) atoms. The fourth-order valence-electron chi connectivity index (χ4n) is 2.42. The normalized spacial score (nSPS) is 14.1. The van der Waals surface area contributed by atoms with Gasteiger partial charge in [0.2, 0.25) is 0 Å². The summed E-state index contributed by atoms with van der Waals surface area (Å²) in [6, 6.07) is 13.6. The molecule has 0 saturated heterocycles. The fraction of sp³-hybridized carbons (Fsp3) is 0.333. The summed E-state index contributed by atoms with van der Waals surface area (Å²) in [5.41, 5.74) is 4.53. The van der Waals surface area contributed by atoms with E-state index in [4.69, 9.17) is 0 Å². The second-order valence-electron chi connectivity index (χ2n) is 5.48. The Bertz CT molecular complexity index is 592. The van der Waals surface area contributed by atoms with E-state index in [-0.39, 0.29) is 17.9 Å². The van der Waals surface area contributed by atoms with Gasteiger partial charge in [-0.15, -0.1) is 0 Å². The summed E-state index contributed by atoms with van der Waals surface area (Å²) in [7, 11) is 0. The molecule has 1 N–H and O–H groups in total. The lowest BCUT2D eigenvalue weighted by Crippen LogP contribution is -2.23. The predicted octanol–water partition coefficient (Wildman–Crippen LogP) is 4.85. The van der Waals surface area contributed by atoms with Crippen molar-refractivity contribution in [3.8, 4) is 0 Å². The van der Waals surface area contributed by atoms with Crippen LogP contribution < -0.4 is 5.32 Å². The van der Waals surface area contributed by atoms with E-state index in [2.05, 4.69) is 44.3 Å². The average Bonchev–Trinajstić information content (AvgIpc) is 2.42. The zero-order valence-corrected chi connectivity index (χ0v) is 12.6. The standard InChI is InChI=1S/C18H22FN/c1-12-9-10-16(11-13(12)2)14(3)20-15(4)17-7-5-6-8-18(17)19/h5-11,14-15,20H,1-4H3/t14?,15-/m1/s1. The van der Waals surface area contributed by atoms with E-state index < -0.39 is 0 Å². The van der Waals surface area contributed by atoms with E-state index in [1.807, 2.05) is 19.1 Å². The van der Waals surface area contributed by atoms with Crippen molar-refractivity contribution in [1.82, 2.24) is 5.32 Å². The maximum atomic E-state index is 13.8. The number of hydrogen-bond donors (Lipinski definition) is 1. The number of halogens is 1. The van der Waals surface area contributed by atoms with Crippen molar-refractivity contribution in [2.75, 3.05) is 0 Å². The molecular weight excluding hydrogens is 249 g/mol. The van der Waals surface area contributed by atoms with Crippen LogP contribution >= 0.6 is 0 Å². The molecule has 0 fully saturated rings. The third-order valence-electron chi connectivity index (χ3n) is 3.90. The molecule has 1 nitrogen and oxygen atoms in total. The summed E-state index contributed by atoms with van der Waals surface area (Å²) in [4.78, 5) is 0. The molecule has 2 atom stereocenters. The Balaban J connectivity index is 2.13. The number of nitrogens with one attached hydrogen (secondary N) is 1. The summed E-state index contributed by atoms with van der Waals surface area (Å²) < 4.78 is 13.8. The Labute approximate surface area is 120 Å². The van der Waals surface area contributed by atoms with Crippen molar-refractivity contribution in [3.05, 3.63) is 70.5 Å². The Morgan fingerprint density at radius 3 is 2.25 bits per heavy atom. The molecule has 2 aromatic rings. The number of hydrogen-bond acceptors (Lipinski definition) is 1. The molecule has 0 heterocycles. The summed E-state index contributed by atoms with van der Waals surface area (Å²) in [6.07, 6.45) is 0. The minimum atomic E-state index is -0.153. The first-order valence-electron chi connectivity index (χ1n) is 7.06. The second kappa shape index (κ2) is 6.19. The summed E-state index contributed by atoms with van der Waals surface area (Å²) >= 11 is 0. The van der Waals surface area contributed by atoms with E-state index in [0.717, 1.165) is 0 Å². The highest BCUT2D eigenvalue weighted by atomic mass is 19.1. The molecule has 0 aliphatic rings. The molecule has 0 aliphatic heterocycles. The zero-order chi connectivity index (χ0) is 14.7. The highest BCUT2D eigenvalue weighted by Crippen LogP contribution is 2.22. The molecule has 0 saturated carbocycles. The third-order valence-corrected chi connectivity index (χ3v) is 3.90. The molecule has 0 aliphatic carbocycles. The first-order valence-corrected chi connectivity index (χ1v) is 7.06. The molecule has 0 bridgehead atoms. The van der Waals surface area contributed by atoms with Gasteiger partial charge in [0.25, 0.3) is 0 Å². The zero-order valence-electron chi connectivity index (χ0n) is 12.6. The van der Waals surface area contributed by atoms with Crippen LogP contribution in [0, 0.1) is 19.7 Å². The van der Waals surface area contributed by atoms with Gasteiger partial charge in [-0.25, -0.2) is 4.39 Å². The van der Waals surface area contributed by atoms with E-state index in [1.54, 1.807) is 6.07 Å². The second-order valence-corrected chi connectivity index (χ2v) is 5.48. The molecule has 0 radical (unpaired) electrons. The minimum absolute atomic E-state index is 0.0205. The van der Waals surface area contributed by atoms with Gasteiger partial charge in [-0.05, 0) is 50.5 Å². The molecule has 1 unspecified atom stereocenters. The summed E-state index contributed by atoms with van der Waals surface area (Å²) in [5.74, 6) is -0.153. The van der Waals surface area contributed by atoms with Crippen LogP contribution in [0.15, 0.2) is 42.5 Å². The fourth-order valence-corrected chi connectivity index (χ4v) is 2.42. The topological polar surface area (TPSA) is 12.0 Å². The van der Waals surface area contributed by atoms with Gasteiger partial charge >= 0.3 is 0 Å². The molecule has 0 spiro atoms. The van der Waals surface area contributed by atoms with Crippen LogP contribution in [0.4, 0.5) is 4.39 Å². The maximum absolute atomic E-state index is 13.8. The number of aryl methyl sites for hydroxylation is 2. The lowest BCUT2D eigenvalue weighted by molar-refractivity contribution is 0.474. The lowest BCUT2D eigenvalue weighted by Gasteiger charge is -2.21. The minimum Gasteiger partial charge on any atom is -0.304 e. The van der Waals surface area contributed by atoms with Crippen LogP contribution in [0.2, 0.25) is 0 Å². The van der Waals surface area contributed by atoms with E-state index in [1.165, 1.54) is 22.8 Å². The van der Waals surface area contributed by atoms with Crippen molar-refractivity contribution in [2.24, 2.45) is 0 Å². The van der Waals surface area contributed by atoms with Crippen molar-refractivity contribution in [2.45, 2.75) is 39.8 Å². The lowest BCUT2D eigenvalue weighted by atomic mass is 10.0. The van der Waals surface area contributed by atoms with Gasteiger partial charge in [0, 0.05) is 17.6 Å². The van der Waals surface area contributed by atoms with Gasteiger partial charge in [0.05, 0.1) is 0 Å². The van der Waals surface area contributed by atoms with E-state index in [0.29, 0.717) is 5.56 Å². The van der Waals surface area contributed by atoms with Gasteiger partial charge in [0.15, 0.2) is 0 Å². The van der Waals surface area contributed by atoms with Crippen LogP contribution in [0.25, 0.3) is 0 Å². The van der Waals surface area contributed by atoms with Crippen LogP contribution in [0.3, 0.4) is 0 Å². The van der Waals surface area contributed by atoms with Crippen LogP contribution in [0.5, 0.6) is 0 Å². The van der Waals surface area contributed by atoms with Gasteiger partial charge < -0.3 is 5.32 Å². The Morgan fingerprint density at radius 2 is 1.60 bits per heavy atom. The largest absolute Gasteiger partial charge is 0.304 e. The summed E-state index contributed by atoms with van der Waals surface area (Å²) in [5, 5.41) is 3.46. The SMILES string of the molecule is Cc1ccc(C(C)N[C@H](C)c2ccccc2F)cc1C. The smallest absolute Gasteiger partial charge is 0.127 e. The molecule has 0 amide bonds. The first-order chi connectivity index (χ1) is 9.49. The third kappa shape index (κ3) is 3.26. The molecule has 106 valence electrons. The van der Waals surface area contributed by atoms with Crippen LogP contribution in [0.1, 0.15) is 48.2 Å². The molecule has 2 heteroatoms. The highest BCUT2D eigenvalue weighted by molar-refractivity contribution is 5.32. The Morgan fingerprint density at radius 1 is 0.900 bits per heavy atom. The van der Waals surface area contributed by atoms with Crippen LogP contribution in [-0.2, 0) is 0 Å².